The maximum Gasteiger partial charge on any atom is 0.258 e. The van der Waals surface area contributed by atoms with Crippen molar-refractivity contribution in [1.29, 1.82) is 0 Å². The highest BCUT2D eigenvalue weighted by atomic mass is 79.9. The molecule has 2 rings (SSSR count). The minimum absolute atomic E-state index is 0.0393. The Morgan fingerprint density at radius 2 is 2.00 bits per heavy atom. The van der Waals surface area contributed by atoms with Crippen LogP contribution >= 0.6 is 15.9 Å². The predicted molar refractivity (Wildman–Crippen MR) is 77.6 cm³/mol. The Bertz CT molecular complexity index is 643. The van der Waals surface area contributed by atoms with Crippen LogP contribution in [0.2, 0.25) is 0 Å². The van der Waals surface area contributed by atoms with Gasteiger partial charge in [0, 0.05) is 10.2 Å². The lowest BCUT2D eigenvalue weighted by Crippen LogP contribution is -2.14. The fourth-order valence-corrected chi connectivity index (χ4v) is 1.99. The van der Waals surface area contributed by atoms with Gasteiger partial charge in [-0.1, -0.05) is 6.07 Å². The van der Waals surface area contributed by atoms with Crippen LogP contribution in [0.4, 0.5) is 15.8 Å². The third-order valence-electron chi connectivity index (χ3n) is 2.61. The van der Waals surface area contributed by atoms with E-state index in [0.29, 0.717) is 5.69 Å². The highest BCUT2D eigenvalue weighted by Gasteiger charge is 2.13. The van der Waals surface area contributed by atoms with Crippen LogP contribution in [0.5, 0.6) is 0 Å². The number of rotatable bonds is 2. The molecule has 2 aromatic rings. The second-order valence-electron chi connectivity index (χ2n) is 4.18. The lowest BCUT2D eigenvalue weighted by Gasteiger charge is -2.09. The summed E-state index contributed by atoms with van der Waals surface area (Å²) in [5.74, 6) is -1.15. The highest BCUT2D eigenvalue weighted by molar-refractivity contribution is 9.10. The minimum atomic E-state index is -0.638. The molecule has 0 aromatic heterocycles. The number of nitrogens with two attached hydrogens (primary N) is 1. The highest BCUT2D eigenvalue weighted by Crippen LogP contribution is 2.24. The summed E-state index contributed by atoms with van der Waals surface area (Å²) < 4.78 is 14.4. The van der Waals surface area contributed by atoms with Crippen molar-refractivity contribution < 1.29 is 9.18 Å². The van der Waals surface area contributed by atoms with Gasteiger partial charge in [-0.15, -0.1) is 0 Å². The van der Waals surface area contributed by atoms with Crippen molar-refractivity contribution in [1.82, 2.24) is 0 Å². The molecule has 0 fully saturated rings. The Balaban J connectivity index is 2.28. The molecule has 2 aromatic carbocycles. The van der Waals surface area contributed by atoms with Crippen molar-refractivity contribution in [2.24, 2.45) is 0 Å². The number of carbonyl (C=O) groups excluding carboxylic acids is 1. The van der Waals surface area contributed by atoms with E-state index in [9.17, 15) is 9.18 Å². The maximum atomic E-state index is 13.6. The van der Waals surface area contributed by atoms with Crippen LogP contribution in [0, 0.1) is 12.7 Å². The lowest BCUT2D eigenvalue weighted by molar-refractivity contribution is 0.102. The number of nitrogens with one attached hydrogen (secondary N) is 1. The van der Waals surface area contributed by atoms with E-state index >= 15 is 0 Å². The molecule has 0 bridgehead atoms. The molecule has 0 heterocycles. The average molecular weight is 323 g/mol. The van der Waals surface area contributed by atoms with Gasteiger partial charge in [0.05, 0.1) is 11.3 Å². The predicted octanol–water partition coefficient (Wildman–Crippen LogP) is 3.73. The molecule has 98 valence electrons. The SMILES string of the molecule is Cc1ccc(Br)c(NC(=O)c2ccc(N)cc2F)c1. The molecule has 0 aliphatic heterocycles. The average Bonchev–Trinajstić information content (AvgIpc) is 2.33. The molecule has 0 aliphatic rings. The first-order valence-corrected chi connectivity index (χ1v) is 6.39. The fraction of sp³-hybridized carbons (Fsp3) is 0.0714. The Kier molecular flexibility index (Phi) is 3.85. The van der Waals surface area contributed by atoms with Gasteiger partial charge < -0.3 is 11.1 Å². The maximum absolute atomic E-state index is 13.6. The van der Waals surface area contributed by atoms with Crippen molar-refractivity contribution in [2.75, 3.05) is 11.1 Å². The summed E-state index contributed by atoms with van der Waals surface area (Å²) in [6, 6.07) is 9.51. The van der Waals surface area contributed by atoms with Crippen LogP contribution in [0.25, 0.3) is 0 Å². The molecular formula is C14H12BrFN2O. The van der Waals surface area contributed by atoms with Crippen molar-refractivity contribution >= 4 is 33.2 Å². The van der Waals surface area contributed by atoms with Crippen LogP contribution in [0.1, 0.15) is 15.9 Å². The van der Waals surface area contributed by atoms with Gasteiger partial charge in [-0.25, -0.2) is 4.39 Å². The molecule has 3 nitrogen and oxygen atoms in total. The van der Waals surface area contributed by atoms with Crippen molar-refractivity contribution in [2.45, 2.75) is 6.92 Å². The van der Waals surface area contributed by atoms with E-state index in [0.717, 1.165) is 16.1 Å². The molecule has 0 radical (unpaired) electrons. The lowest BCUT2D eigenvalue weighted by atomic mass is 10.1. The van der Waals surface area contributed by atoms with E-state index in [4.69, 9.17) is 5.73 Å². The smallest absolute Gasteiger partial charge is 0.258 e. The zero-order valence-electron chi connectivity index (χ0n) is 10.2. The quantitative estimate of drug-likeness (QED) is 0.828. The first kappa shape index (κ1) is 13.5. The molecule has 19 heavy (non-hydrogen) atoms. The first-order chi connectivity index (χ1) is 8.97. The second kappa shape index (κ2) is 5.40. The van der Waals surface area contributed by atoms with Crippen LogP contribution in [0.3, 0.4) is 0 Å². The summed E-state index contributed by atoms with van der Waals surface area (Å²) in [5.41, 5.74) is 7.28. The minimum Gasteiger partial charge on any atom is -0.399 e. The molecule has 0 saturated carbocycles. The van der Waals surface area contributed by atoms with E-state index in [-0.39, 0.29) is 11.3 Å². The number of hydrogen-bond donors (Lipinski definition) is 2. The number of benzene rings is 2. The molecule has 0 aliphatic carbocycles. The zero-order valence-corrected chi connectivity index (χ0v) is 11.8. The van der Waals surface area contributed by atoms with Gasteiger partial charge in [-0.2, -0.15) is 0 Å². The second-order valence-corrected chi connectivity index (χ2v) is 5.03. The Morgan fingerprint density at radius 1 is 1.26 bits per heavy atom. The van der Waals surface area contributed by atoms with Gasteiger partial charge in [-0.05, 0) is 58.7 Å². The number of hydrogen-bond acceptors (Lipinski definition) is 2. The van der Waals surface area contributed by atoms with Gasteiger partial charge in [0.15, 0.2) is 0 Å². The molecule has 3 N–H and O–H groups in total. The zero-order chi connectivity index (χ0) is 14.0. The van der Waals surface area contributed by atoms with E-state index in [1.807, 2.05) is 19.1 Å². The first-order valence-electron chi connectivity index (χ1n) is 5.60. The number of halogens is 2. The van der Waals surface area contributed by atoms with E-state index < -0.39 is 11.7 Å². The van der Waals surface area contributed by atoms with Crippen LogP contribution in [-0.4, -0.2) is 5.91 Å². The number of carbonyl (C=O) groups is 1. The number of amides is 1. The topological polar surface area (TPSA) is 55.1 Å². The summed E-state index contributed by atoms with van der Waals surface area (Å²) >= 11 is 3.33. The van der Waals surface area contributed by atoms with E-state index in [1.54, 1.807) is 6.07 Å². The molecule has 1 amide bonds. The van der Waals surface area contributed by atoms with E-state index in [2.05, 4.69) is 21.2 Å². The monoisotopic (exact) mass is 322 g/mol. The molecule has 0 spiro atoms. The van der Waals surface area contributed by atoms with Crippen LogP contribution in [0.15, 0.2) is 40.9 Å². The Morgan fingerprint density at radius 3 is 2.68 bits per heavy atom. The van der Waals surface area contributed by atoms with Gasteiger partial charge in [0.2, 0.25) is 0 Å². The standard InChI is InChI=1S/C14H12BrFN2O/c1-8-2-5-11(15)13(6-8)18-14(19)10-4-3-9(17)7-12(10)16/h2-7H,17H2,1H3,(H,18,19). The van der Waals surface area contributed by atoms with Gasteiger partial charge in [0.1, 0.15) is 5.82 Å². The third-order valence-corrected chi connectivity index (χ3v) is 3.30. The molecule has 0 atom stereocenters. The van der Waals surface area contributed by atoms with Gasteiger partial charge in [0.25, 0.3) is 5.91 Å². The summed E-state index contributed by atoms with van der Waals surface area (Å²) in [5, 5.41) is 2.66. The summed E-state index contributed by atoms with van der Waals surface area (Å²) in [4.78, 5) is 12.0. The van der Waals surface area contributed by atoms with Crippen LogP contribution < -0.4 is 11.1 Å². The van der Waals surface area contributed by atoms with Crippen molar-refractivity contribution in [3.05, 3.63) is 57.8 Å². The van der Waals surface area contributed by atoms with E-state index in [1.165, 1.54) is 12.1 Å². The number of nitrogen functional groups attached to an aromatic ring is 1. The van der Waals surface area contributed by atoms with Crippen molar-refractivity contribution in [3.8, 4) is 0 Å². The van der Waals surface area contributed by atoms with Gasteiger partial charge >= 0.3 is 0 Å². The van der Waals surface area contributed by atoms with Gasteiger partial charge in [-0.3, -0.25) is 4.79 Å². The third kappa shape index (κ3) is 3.12. The fourth-order valence-electron chi connectivity index (χ4n) is 1.64. The van der Waals surface area contributed by atoms with Crippen molar-refractivity contribution in [3.63, 3.8) is 0 Å². The number of anilines is 2. The summed E-state index contributed by atoms with van der Waals surface area (Å²) in [6.07, 6.45) is 0. The normalized spacial score (nSPS) is 10.3. The number of aryl methyl sites for hydroxylation is 1. The molecule has 0 unspecified atom stereocenters. The Labute approximate surface area is 118 Å². The summed E-state index contributed by atoms with van der Waals surface area (Å²) in [6.45, 7) is 1.91. The molecule has 0 saturated heterocycles. The largest absolute Gasteiger partial charge is 0.399 e. The summed E-state index contributed by atoms with van der Waals surface area (Å²) in [7, 11) is 0. The Hall–Kier alpha value is -1.88. The molecule has 5 heteroatoms. The molecular weight excluding hydrogens is 311 g/mol. The van der Waals surface area contributed by atoms with Crippen LogP contribution in [-0.2, 0) is 0 Å².